The molecule has 0 saturated carbocycles. The molecule has 3 N–H and O–H groups in total. The summed E-state index contributed by atoms with van der Waals surface area (Å²) in [4.78, 5) is 23.4. The average molecular weight is 1160 g/mol. The molecule has 0 bridgehead atoms. The molecule has 0 saturated heterocycles. The summed E-state index contributed by atoms with van der Waals surface area (Å²) in [6.45, 7) is 4.72. The Balaban J connectivity index is 4.14. The highest BCUT2D eigenvalue weighted by molar-refractivity contribution is 7.47. The molecular weight excluding hydrogens is 1030 g/mol. The average Bonchev–Trinajstić information content (AvgIpc) is 3.45. The standard InChI is InChI=1S/C73H131N2O6P/c1-6-8-10-12-14-16-18-20-22-24-26-28-30-32-33-34-35-36-37-38-39-40-41-43-45-47-49-51-53-55-57-59-61-63-65-67-73(77)74-71(70-81-82(78,79)80-69-68-75(3,4)5)72(76)66-64-62-60-58-56-54-52-50-48-46-44-42-31-29-27-25-23-21-19-17-15-13-11-9-7-2/h8,10,14,16,20,22,26,28,32-33,35-36,38-39,41,43,64,66,71-72,76H,6-7,9,11-13,15,17-19,21,23-25,27,29-31,34,37,40,42,44-63,65,67-70H2,1-5H3,(H-,74,77,78,79)/p+1/b10-8-,16-14-,22-20-,28-26-,33-32-,36-35-,39-38-,43-41-,66-64+. The van der Waals surface area contributed by atoms with Gasteiger partial charge in [0, 0.05) is 6.42 Å². The minimum Gasteiger partial charge on any atom is -0.387 e. The summed E-state index contributed by atoms with van der Waals surface area (Å²) in [5.74, 6) is -0.183. The van der Waals surface area contributed by atoms with E-state index in [2.05, 4.69) is 116 Å². The normalized spacial score (nSPS) is 14.4. The van der Waals surface area contributed by atoms with Crippen molar-refractivity contribution in [3.8, 4) is 0 Å². The predicted molar refractivity (Wildman–Crippen MR) is 359 cm³/mol. The lowest BCUT2D eigenvalue weighted by Crippen LogP contribution is -2.45. The third-order valence-corrected chi connectivity index (χ3v) is 16.0. The number of carbonyl (C=O) groups is 1. The van der Waals surface area contributed by atoms with E-state index >= 15 is 0 Å². The first-order chi connectivity index (χ1) is 40.0. The molecule has 0 fully saturated rings. The second kappa shape index (κ2) is 62.7. The lowest BCUT2D eigenvalue weighted by atomic mass is 10.0. The van der Waals surface area contributed by atoms with Gasteiger partial charge >= 0.3 is 7.82 Å². The Kier molecular flexibility index (Phi) is 60.5. The fourth-order valence-electron chi connectivity index (χ4n) is 9.71. The molecule has 3 unspecified atom stereocenters. The molecule has 0 aromatic rings. The number of aliphatic hydroxyl groups is 1. The van der Waals surface area contributed by atoms with Crippen molar-refractivity contribution in [2.45, 2.75) is 309 Å². The molecule has 0 heterocycles. The van der Waals surface area contributed by atoms with Crippen molar-refractivity contribution in [2.24, 2.45) is 0 Å². The van der Waals surface area contributed by atoms with Gasteiger partial charge in [0.2, 0.25) is 5.91 Å². The molecule has 474 valence electrons. The molecule has 0 spiro atoms. The molecule has 0 aliphatic carbocycles. The lowest BCUT2D eigenvalue weighted by Gasteiger charge is -2.25. The van der Waals surface area contributed by atoms with Crippen LogP contribution in [0, 0.1) is 0 Å². The number of hydrogen-bond donors (Lipinski definition) is 3. The van der Waals surface area contributed by atoms with E-state index in [9.17, 15) is 19.4 Å². The van der Waals surface area contributed by atoms with Gasteiger partial charge in [-0.3, -0.25) is 13.8 Å². The van der Waals surface area contributed by atoms with Gasteiger partial charge in [0.15, 0.2) is 0 Å². The Morgan fingerprint density at radius 2 is 0.732 bits per heavy atom. The zero-order valence-corrected chi connectivity index (χ0v) is 55.1. The van der Waals surface area contributed by atoms with Crippen LogP contribution in [0.3, 0.4) is 0 Å². The zero-order chi connectivity index (χ0) is 59.8. The maximum absolute atomic E-state index is 13.0. The van der Waals surface area contributed by atoms with Gasteiger partial charge < -0.3 is 19.8 Å². The van der Waals surface area contributed by atoms with Gasteiger partial charge in [0.25, 0.3) is 0 Å². The van der Waals surface area contributed by atoms with E-state index < -0.39 is 20.0 Å². The first-order valence-corrected chi connectivity index (χ1v) is 35.8. The van der Waals surface area contributed by atoms with Crippen LogP contribution in [0.5, 0.6) is 0 Å². The van der Waals surface area contributed by atoms with Crippen LogP contribution in [-0.4, -0.2) is 73.4 Å². The number of nitrogens with one attached hydrogen (secondary N) is 1. The minimum absolute atomic E-state index is 0.0565. The summed E-state index contributed by atoms with van der Waals surface area (Å²) < 4.78 is 23.8. The maximum atomic E-state index is 13.0. The van der Waals surface area contributed by atoms with Crippen molar-refractivity contribution in [3.05, 3.63) is 109 Å². The van der Waals surface area contributed by atoms with Gasteiger partial charge in [-0.25, -0.2) is 4.57 Å². The van der Waals surface area contributed by atoms with Crippen molar-refractivity contribution >= 4 is 13.7 Å². The van der Waals surface area contributed by atoms with Crippen molar-refractivity contribution in [1.82, 2.24) is 5.32 Å². The van der Waals surface area contributed by atoms with E-state index in [0.717, 1.165) is 96.3 Å². The number of amides is 1. The van der Waals surface area contributed by atoms with Crippen LogP contribution < -0.4 is 5.32 Å². The van der Waals surface area contributed by atoms with Gasteiger partial charge in [-0.2, -0.15) is 0 Å². The van der Waals surface area contributed by atoms with Crippen LogP contribution in [0.4, 0.5) is 0 Å². The number of hydrogen-bond acceptors (Lipinski definition) is 5. The number of likely N-dealkylation sites (N-methyl/N-ethyl adjacent to an activating group) is 1. The molecule has 0 aliphatic heterocycles. The number of aliphatic hydroxyl groups excluding tert-OH is 1. The quantitative estimate of drug-likeness (QED) is 0.0243. The second-order valence-corrected chi connectivity index (χ2v) is 25.6. The van der Waals surface area contributed by atoms with Gasteiger partial charge in [-0.1, -0.05) is 316 Å². The van der Waals surface area contributed by atoms with Crippen molar-refractivity contribution in [1.29, 1.82) is 0 Å². The Bertz CT molecular complexity index is 1700. The molecule has 82 heavy (non-hydrogen) atoms. The molecule has 0 aromatic carbocycles. The Morgan fingerprint density at radius 3 is 1.07 bits per heavy atom. The maximum Gasteiger partial charge on any atom is 0.472 e. The van der Waals surface area contributed by atoms with E-state index in [-0.39, 0.29) is 19.1 Å². The third kappa shape index (κ3) is 64.7. The van der Waals surface area contributed by atoms with E-state index in [1.165, 1.54) is 180 Å². The van der Waals surface area contributed by atoms with Gasteiger partial charge in [-0.05, 0) is 83.5 Å². The Labute approximate surface area is 508 Å². The summed E-state index contributed by atoms with van der Waals surface area (Å²) in [5, 5.41) is 14.0. The summed E-state index contributed by atoms with van der Waals surface area (Å²) in [7, 11) is 1.56. The first kappa shape index (κ1) is 79.2. The SMILES string of the molecule is CC/C=C\C/C=C\C/C=C\C/C=C\C/C=C\C/C=C\C/C=C\C/C=C\CCCCCCCCCCCCC(=O)NC(COP(=O)(O)OCC[N+](C)(C)C)C(O)/C=C/CCCCCCCCCCCCCCCCCCCCCCCCC. The number of phosphoric acid groups is 1. The number of unbranched alkanes of at least 4 members (excludes halogenated alkanes) is 33. The highest BCUT2D eigenvalue weighted by Gasteiger charge is 2.28. The smallest absolute Gasteiger partial charge is 0.387 e. The molecule has 3 atom stereocenters. The van der Waals surface area contributed by atoms with Crippen LogP contribution in [0.2, 0.25) is 0 Å². The van der Waals surface area contributed by atoms with E-state index in [4.69, 9.17) is 9.05 Å². The number of phosphoric ester groups is 1. The van der Waals surface area contributed by atoms with Gasteiger partial charge in [-0.15, -0.1) is 0 Å². The van der Waals surface area contributed by atoms with E-state index in [0.29, 0.717) is 17.4 Å². The first-order valence-electron chi connectivity index (χ1n) is 34.3. The van der Waals surface area contributed by atoms with Crippen LogP contribution in [0.25, 0.3) is 0 Å². The molecule has 0 aliphatic rings. The highest BCUT2D eigenvalue weighted by Crippen LogP contribution is 2.43. The minimum atomic E-state index is -4.36. The summed E-state index contributed by atoms with van der Waals surface area (Å²) >= 11 is 0. The third-order valence-electron chi connectivity index (χ3n) is 15.0. The largest absolute Gasteiger partial charge is 0.472 e. The molecule has 0 radical (unpaired) electrons. The van der Waals surface area contributed by atoms with E-state index in [1.54, 1.807) is 6.08 Å². The van der Waals surface area contributed by atoms with Crippen molar-refractivity contribution in [2.75, 3.05) is 40.9 Å². The van der Waals surface area contributed by atoms with Gasteiger partial charge in [0.05, 0.1) is 39.9 Å². The fraction of sp³-hybridized carbons (Fsp3) is 0.740. The van der Waals surface area contributed by atoms with Crippen LogP contribution in [0.15, 0.2) is 109 Å². The monoisotopic (exact) mass is 1160 g/mol. The van der Waals surface area contributed by atoms with Crippen molar-refractivity contribution in [3.63, 3.8) is 0 Å². The predicted octanol–water partition coefficient (Wildman–Crippen LogP) is 21.9. The zero-order valence-electron chi connectivity index (χ0n) is 54.2. The molecule has 0 aromatic heterocycles. The number of carbonyl (C=O) groups excluding carboxylic acids is 1. The van der Waals surface area contributed by atoms with Crippen LogP contribution in [0.1, 0.15) is 296 Å². The van der Waals surface area contributed by atoms with E-state index in [1.807, 2.05) is 27.2 Å². The van der Waals surface area contributed by atoms with Crippen molar-refractivity contribution < 1.29 is 32.9 Å². The number of rotatable bonds is 62. The lowest BCUT2D eigenvalue weighted by molar-refractivity contribution is -0.870. The van der Waals surface area contributed by atoms with Gasteiger partial charge in [0.1, 0.15) is 13.2 Å². The molecule has 9 heteroatoms. The Morgan fingerprint density at radius 1 is 0.427 bits per heavy atom. The second-order valence-electron chi connectivity index (χ2n) is 24.2. The molecular formula is C73H132N2O6P+. The highest BCUT2D eigenvalue weighted by atomic mass is 31.2. The topological polar surface area (TPSA) is 105 Å². The van der Waals surface area contributed by atoms with Crippen LogP contribution >= 0.6 is 7.82 Å². The fourth-order valence-corrected chi connectivity index (χ4v) is 10.4. The number of nitrogens with zero attached hydrogens (tertiary/aromatic N) is 1. The number of allylic oxidation sites excluding steroid dienone is 17. The molecule has 8 nitrogen and oxygen atoms in total. The summed E-state index contributed by atoms with van der Waals surface area (Å²) in [5.41, 5.74) is 0. The summed E-state index contributed by atoms with van der Waals surface area (Å²) in [6, 6.07) is -0.858. The molecule has 0 rings (SSSR count). The summed E-state index contributed by atoms with van der Waals surface area (Å²) in [6.07, 6.45) is 92.2. The van der Waals surface area contributed by atoms with Crippen LogP contribution in [-0.2, 0) is 18.4 Å². The molecule has 1 amide bonds. The Hall–Kier alpha value is -2.84. The number of quaternary nitrogens is 1.